The van der Waals surface area contributed by atoms with Gasteiger partial charge in [0.1, 0.15) is 0 Å². The summed E-state index contributed by atoms with van der Waals surface area (Å²) >= 11 is 5.94. The molecule has 0 saturated carbocycles. The molecule has 2 aromatic carbocycles. The molecular formula is C21H15ClN2O2S. The Morgan fingerprint density at radius 1 is 1.00 bits per heavy atom. The second-order valence-electron chi connectivity index (χ2n) is 5.73. The molecule has 27 heavy (non-hydrogen) atoms. The molecule has 1 atom stereocenters. The van der Waals surface area contributed by atoms with Crippen LogP contribution in [0.5, 0.6) is 0 Å². The number of hydrogen-bond acceptors (Lipinski definition) is 3. The minimum absolute atomic E-state index is 0.235. The first-order valence-electron chi connectivity index (χ1n) is 7.98. The highest BCUT2D eigenvalue weighted by Crippen LogP contribution is 2.13. The number of benzene rings is 2. The van der Waals surface area contributed by atoms with Gasteiger partial charge in [-0.25, -0.2) is 4.21 Å². The molecule has 1 unspecified atom stereocenters. The number of pyridine rings is 1. The number of amides is 1. The van der Waals surface area contributed by atoms with Crippen LogP contribution in [0.3, 0.4) is 0 Å². The van der Waals surface area contributed by atoms with Crippen LogP contribution in [-0.4, -0.2) is 21.4 Å². The van der Waals surface area contributed by atoms with Crippen LogP contribution < -0.4 is 0 Å². The third-order valence-corrected chi connectivity index (χ3v) is 5.49. The van der Waals surface area contributed by atoms with E-state index in [1.54, 1.807) is 48.7 Å². The van der Waals surface area contributed by atoms with E-state index in [9.17, 15) is 9.00 Å². The van der Waals surface area contributed by atoms with Gasteiger partial charge in [0.15, 0.2) is 0 Å². The summed E-state index contributed by atoms with van der Waals surface area (Å²) in [6.45, 7) is 0. The van der Waals surface area contributed by atoms with Gasteiger partial charge in [-0.2, -0.15) is 4.36 Å². The van der Waals surface area contributed by atoms with Gasteiger partial charge in [-0.1, -0.05) is 47.7 Å². The zero-order valence-corrected chi connectivity index (χ0v) is 16.0. The van der Waals surface area contributed by atoms with Crippen molar-refractivity contribution in [3.8, 4) is 11.8 Å². The standard InChI is InChI=1S/C21H15ClN2O2S/c1-27(26,20-8-3-2-4-9-20)24-21(25)18-12-17(14-23-15-18)11-10-16-6-5-7-19(22)13-16/h2-9,12-15H,1H3. The van der Waals surface area contributed by atoms with E-state index >= 15 is 0 Å². The van der Waals surface area contributed by atoms with Crippen molar-refractivity contribution in [3.63, 3.8) is 0 Å². The summed E-state index contributed by atoms with van der Waals surface area (Å²) in [5.41, 5.74) is 1.54. The molecule has 6 heteroatoms. The van der Waals surface area contributed by atoms with Crippen LogP contribution in [0, 0.1) is 11.8 Å². The Morgan fingerprint density at radius 2 is 1.74 bits per heavy atom. The van der Waals surface area contributed by atoms with E-state index < -0.39 is 15.6 Å². The molecule has 0 fully saturated rings. The maximum Gasteiger partial charge on any atom is 0.286 e. The Kier molecular flexibility index (Phi) is 5.70. The number of nitrogens with zero attached hydrogens (tertiary/aromatic N) is 2. The summed E-state index contributed by atoms with van der Waals surface area (Å²) in [7, 11) is -2.83. The molecule has 0 aliphatic carbocycles. The third kappa shape index (κ3) is 5.04. The average molecular weight is 395 g/mol. The van der Waals surface area contributed by atoms with Crippen LogP contribution in [0.1, 0.15) is 21.5 Å². The second-order valence-corrected chi connectivity index (χ2v) is 8.43. The number of aromatic nitrogens is 1. The fraction of sp³-hybridized carbons (Fsp3) is 0.0476. The van der Waals surface area contributed by atoms with Gasteiger partial charge >= 0.3 is 0 Å². The molecule has 0 N–H and O–H groups in total. The molecule has 134 valence electrons. The molecule has 3 rings (SSSR count). The topological polar surface area (TPSA) is 59.4 Å². The smallest absolute Gasteiger partial charge is 0.266 e. The molecule has 1 heterocycles. The lowest BCUT2D eigenvalue weighted by Crippen LogP contribution is -2.04. The molecule has 4 nitrogen and oxygen atoms in total. The molecule has 3 aromatic rings. The lowest BCUT2D eigenvalue weighted by atomic mass is 10.1. The van der Waals surface area contributed by atoms with Crippen molar-refractivity contribution < 1.29 is 9.00 Å². The Balaban J connectivity index is 1.89. The SMILES string of the molecule is CS(=O)(=NC(=O)c1cncc(C#Cc2cccc(Cl)c2)c1)c1ccccc1. The lowest BCUT2D eigenvalue weighted by Gasteiger charge is -2.03. The van der Waals surface area contributed by atoms with Gasteiger partial charge in [0.05, 0.1) is 15.3 Å². The molecule has 1 amide bonds. The summed E-state index contributed by atoms with van der Waals surface area (Å²) < 4.78 is 16.7. The fourth-order valence-corrected chi connectivity index (χ4v) is 3.65. The molecule has 1 aromatic heterocycles. The summed E-state index contributed by atoms with van der Waals surface area (Å²) in [5.74, 6) is 5.32. The van der Waals surface area contributed by atoms with Crippen LogP contribution in [-0.2, 0) is 9.73 Å². The zero-order chi connectivity index (χ0) is 19.3. The maximum absolute atomic E-state index is 12.8. The fourth-order valence-electron chi connectivity index (χ4n) is 2.27. The average Bonchev–Trinajstić information content (AvgIpc) is 2.67. The van der Waals surface area contributed by atoms with Gasteiger partial charge in [0.25, 0.3) is 5.91 Å². The van der Waals surface area contributed by atoms with E-state index in [-0.39, 0.29) is 5.56 Å². The molecule has 0 radical (unpaired) electrons. The summed E-state index contributed by atoms with van der Waals surface area (Å²) in [5, 5.41) is 0.598. The molecule has 0 saturated heterocycles. The van der Waals surface area contributed by atoms with Crippen molar-refractivity contribution in [3.05, 3.63) is 94.8 Å². The van der Waals surface area contributed by atoms with Crippen LogP contribution >= 0.6 is 11.6 Å². The van der Waals surface area contributed by atoms with E-state index in [4.69, 9.17) is 11.6 Å². The number of carbonyl (C=O) groups is 1. The Hall–Kier alpha value is -2.94. The quantitative estimate of drug-likeness (QED) is 0.604. The predicted octanol–water partition coefficient (Wildman–Crippen LogP) is 4.43. The highest BCUT2D eigenvalue weighted by Gasteiger charge is 2.11. The monoisotopic (exact) mass is 394 g/mol. The van der Waals surface area contributed by atoms with Gasteiger partial charge in [-0.3, -0.25) is 9.78 Å². The van der Waals surface area contributed by atoms with E-state index in [0.717, 1.165) is 5.56 Å². The maximum atomic E-state index is 12.8. The minimum atomic E-state index is -2.83. The Bertz CT molecular complexity index is 1170. The number of rotatable bonds is 2. The van der Waals surface area contributed by atoms with E-state index in [0.29, 0.717) is 15.5 Å². The molecule has 0 bridgehead atoms. The van der Waals surface area contributed by atoms with Gasteiger partial charge in [-0.15, -0.1) is 0 Å². The van der Waals surface area contributed by atoms with Crippen LogP contribution in [0.4, 0.5) is 0 Å². The van der Waals surface area contributed by atoms with Crippen LogP contribution in [0.25, 0.3) is 0 Å². The number of halogens is 1. The first-order valence-corrected chi connectivity index (χ1v) is 10.3. The third-order valence-electron chi connectivity index (χ3n) is 3.60. The van der Waals surface area contributed by atoms with Gasteiger partial charge in [0, 0.05) is 39.7 Å². The van der Waals surface area contributed by atoms with Crippen molar-refractivity contribution in [2.75, 3.05) is 6.26 Å². The molecule has 0 aliphatic heterocycles. The first-order chi connectivity index (χ1) is 12.9. The predicted molar refractivity (Wildman–Crippen MR) is 107 cm³/mol. The zero-order valence-electron chi connectivity index (χ0n) is 14.4. The summed E-state index contributed by atoms with van der Waals surface area (Å²) in [6.07, 6.45) is 4.38. The van der Waals surface area contributed by atoms with E-state index in [2.05, 4.69) is 21.2 Å². The van der Waals surface area contributed by atoms with Gasteiger partial charge in [0.2, 0.25) is 0 Å². The molecular weight excluding hydrogens is 380 g/mol. The highest BCUT2D eigenvalue weighted by molar-refractivity contribution is 7.93. The first kappa shape index (κ1) is 18.8. The summed E-state index contributed by atoms with van der Waals surface area (Å²) in [6, 6.07) is 17.4. The number of carbonyl (C=O) groups excluding carboxylic acids is 1. The normalized spacial score (nSPS) is 12.4. The van der Waals surface area contributed by atoms with Crippen molar-refractivity contribution in [1.29, 1.82) is 0 Å². The van der Waals surface area contributed by atoms with Crippen LogP contribution in [0.15, 0.2) is 82.3 Å². The van der Waals surface area contributed by atoms with Crippen molar-refractivity contribution in [2.24, 2.45) is 4.36 Å². The Morgan fingerprint density at radius 3 is 2.48 bits per heavy atom. The Labute approximate surface area is 163 Å². The van der Waals surface area contributed by atoms with E-state index in [1.165, 1.54) is 12.5 Å². The summed E-state index contributed by atoms with van der Waals surface area (Å²) in [4.78, 5) is 17.0. The largest absolute Gasteiger partial charge is 0.286 e. The van der Waals surface area contributed by atoms with E-state index in [1.807, 2.05) is 18.2 Å². The second kappa shape index (κ2) is 8.17. The molecule has 0 aliphatic rings. The van der Waals surface area contributed by atoms with Crippen molar-refractivity contribution in [2.45, 2.75) is 4.90 Å². The number of hydrogen-bond donors (Lipinski definition) is 0. The van der Waals surface area contributed by atoms with Crippen molar-refractivity contribution in [1.82, 2.24) is 4.98 Å². The highest BCUT2D eigenvalue weighted by atomic mass is 35.5. The van der Waals surface area contributed by atoms with Gasteiger partial charge in [-0.05, 0) is 36.4 Å². The van der Waals surface area contributed by atoms with Crippen LogP contribution in [0.2, 0.25) is 5.02 Å². The van der Waals surface area contributed by atoms with Gasteiger partial charge < -0.3 is 0 Å². The van der Waals surface area contributed by atoms with Crippen molar-refractivity contribution >= 4 is 27.2 Å². The molecule has 0 spiro atoms. The minimum Gasteiger partial charge on any atom is -0.266 e. The lowest BCUT2D eigenvalue weighted by molar-refractivity contribution is 0.100.